The molecule has 2 amide bonds. The molecule has 0 bridgehead atoms. The molecular formula is C18H19FN6OS. The number of nitrogens with zero attached hydrogens (tertiary/aromatic N) is 5. The number of carbonyl (C=O) groups excluding carboxylic acids is 1. The number of rotatable bonds is 3. The van der Waals surface area contributed by atoms with Gasteiger partial charge in [-0.15, -0.1) is 11.3 Å². The quantitative estimate of drug-likeness (QED) is 0.751. The van der Waals surface area contributed by atoms with Gasteiger partial charge in [-0.05, 0) is 12.1 Å². The van der Waals surface area contributed by atoms with Crippen molar-refractivity contribution in [3.05, 3.63) is 47.7 Å². The van der Waals surface area contributed by atoms with Gasteiger partial charge in [0.1, 0.15) is 11.6 Å². The van der Waals surface area contributed by atoms with Gasteiger partial charge in [-0.1, -0.05) is 12.1 Å². The number of benzene rings is 1. The van der Waals surface area contributed by atoms with Gasteiger partial charge in [-0.2, -0.15) is 5.10 Å². The molecule has 0 aliphatic carbocycles. The van der Waals surface area contributed by atoms with Crippen LogP contribution in [0.4, 0.5) is 20.1 Å². The van der Waals surface area contributed by atoms with Gasteiger partial charge in [-0.3, -0.25) is 10.00 Å². The molecule has 1 aromatic carbocycles. The molecule has 140 valence electrons. The van der Waals surface area contributed by atoms with Crippen molar-refractivity contribution in [2.45, 2.75) is 0 Å². The summed E-state index contributed by atoms with van der Waals surface area (Å²) in [7, 11) is 1.78. The summed E-state index contributed by atoms with van der Waals surface area (Å²) >= 11 is 1.49. The Bertz CT molecular complexity index is 947. The fraction of sp³-hybridized carbons (Fsp3) is 0.278. The number of hydrogen-bond acceptors (Lipinski definition) is 5. The molecule has 1 saturated heterocycles. The minimum Gasteiger partial charge on any atom is -0.345 e. The summed E-state index contributed by atoms with van der Waals surface area (Å²) in [6.45, 7) is 2.56. The number of nitrogens with one attached hydrogen (secondary N) is 1. The molecule has 0 unspecified atom stereocenters. The molecule has 0 spiro atoms. The summed E-state index contributed by atoms with van der Waals surface area (Å²) in [6.07, 6.45) is 1.64. The first-order valence-electron chi connectivity index (χ1n) is 8.61. The predicted molar refractivity (Wildman–Crippen MR) is 104 cm³/mol. The lowest BCUT2D eigenvalue weighted by atomic mass is 10.2. The number of piperazine rings is 1. The van der Waals surface area contributed by atoms with E-state index in [4.69, 9.17) is 0 Å². The van der Waals surface area contributed by atoms with Gasteiger partial charge in [0.2, 0.25) is 0 Å². The van der Waals surface area contributed by atoms with Crippen LogP contribution < -0.4 is 10.2 Å². The van der Waals surface area contributed by atoms with Crippen LogP contribution in [0.1, 0.15) is 0 Å². The van der Waals surface area contributed by atoms with Crippen molar-refractivity contribution in [1.82, 2.24) is 19.7 Å². The van der Waals surface area contributed by atoms with Gasteiger partial charge < -0.3 is 9.80 Å². The third-order valence-electron chi connectivity index (χ3n) is 4.54. The van der Waals surface area contributed by atoms with Crippen LogP contribution in [0, 0.1) is 5.82 Å². The van der Waals surface area contributed by atoms with E-state index in [1.807, 2.05) is 5.38 Å². The number of urea groups is 1. The van der Waals surface area contributed by atoms with Crippen LogP contribution in [0.3, 0.4) is 0 Å². The average Bonchev–Trinajstić information content (AvgIpc) is 3.32. The Morgan fingerprint density at radius 1 is 1.19 bits per heavy atom. The Morgan fingerprint density at radius 3 is 2.67 bits per heavy atom. The highest BCUT2D eigenvalue weighted by Gasteiger charge is 2.23. The lowest BCUT2D eigenvalue weighted by Gasteiger charge is -2.34. The number of aryl methyl sites for hydroxylation is 1. The highest BCUT2D eigenvalue weighted by molar-refractivity contribution is 7.14. The van der Waals surface area contributed by atoms with E-state index in [0.29, 0.717) is 43.3 Å². The third kappa shape index (κ3) is 3.63. The Morgan fingerprint density at radius 2 is 1.96 bits per heavy atom. The summed E-state index contributed by atoms with van der Waals surface area (Å²) in [5, 5.41) is 9.62. The van der Waals surface area contributed by atoms with Crippen LogP contribution in [-0.4, -0.2) is 51.9 Å². The molecule has 1 aliphatic heterocycles. The maximum absolute atomic E-state index is 13.9. The largest absolute Gasteiger partial charge is 0.345 e. The van der Waals surface area contributed by atoms with E-state index < -0.39 is 0 Å². The second-order valence-corrected chi connectivity index (χ2v) is 7.08. The highest BCUT2D eigenvalue weighted by Crippen LogP contribution is 2.29. The predicted octanol–water partition coefficient (Wildman–Crippen LogP) is 3.04. The maximum atomic E-state index is 13.9. The van der Waals surface area contributed by atoms with Crippen LogP contribution in [0.2, 0.25) is 0 Å². The Hall–Kier alpha value is -2.94. The summed E-state index contributed by atoms with van der Waals surface area (Å²) in [5.74, 6) is 0.392. The van der Waals surface area contributed by atoms with Crippen molar-refractivity contribution in [2.75, 3.05) is 36.4 Å². The average molecular weight is 386 g/mol. The molecule has 1 aliphatic rings. The summed E-state index contributed by atoms with van der Waals surface area (Å²) in [6, 6.07) is 8.26. The van der Waals surface area contributed by atoms with Crippen molar-refractivity contribution in [1.29, 1.82) is 0 Å². The van der Waals surface area contributed by atoms with Gasteiger partial charge in [0.05, 0.1) is 11.9 Å². The fourth-order valence-corrected chi connectivity index (χ4v) is 3.87. The van der Waals surface area contributed by atoms with Crippen LogP contribution >= 0.6 is 11.3 Å². The van der Waals surface area contributed by atoms with Crippen molar-refractivity contribution in [3.8, 4) is 11.3 Å². The summed E-state index contributed by atoms with van der Waals surface area (Å²) in [4.78, 5) is 20.9. The first-order valence-corrected chi connectivity index (χ1v) is 9.49. The van der Waals surface area contributed by atoms with Gasteiger partial charge >= 0.3 is 6.03 Å². The molecule has 1 N–H and O–H groups in total. The number of aromatic nitrogens is 3. The van der Waals surface area contributed by atoms with E-state index in [1.54, 1.807) is 47.1 Å². The molecule has 0 radical (unpaired) electrons. The Labute approximate surface area is 160 Å². The van der Waals surface area contributed by atoms with E-state index in [0.717, 1.165) is 5.13 Å². The molecular weight excluding hydrogens is 367 g/mol. The molecule has 2 aromatic heterocycles. The topological polar surface area (TPSA) is 66.3 Å². The maximum Gasteiger partial charge on any atom is 0.323 e. The lowest BCUT2D eigenvalue weighted by molar-refractivity contribution is 0.208. The van der Waals surface area contributed by atoms with Crippen molar-refractivity contribution >= 4 is 28.3 Å². The monoisotopic (exact) mass is 386 g/mol. The fourth-order valence-electron chi connectivity index (χ4n) is 2.99. The van der Waals surface area contributed by atoms with E-state index >= 15 is 0 Å². The highest BCUT2D eigenvalue weighted by atomic mass is 32.1. The number of halogens is 1. The summed E-state index contributed by atoms with van der Waals surface area (Å²) in [5.41, 5.74) is 1.15. The molecule has 0 atom stereocenters. The van der Waals surface area contributed by atoms with E-state index in [-0.39, 0.29) is 11.8 Å². The zero-order chi connectivity index (χ0) is 18.8. The molecule has 3 aromatic rings. The zero-order valence-corrected chi connectivity index (χ0v) is 15.6. The smallest absolute Gasteiger partial charge is 0.323 e. The van der Waals surface area contributed by atoms with Crippen molar-refractivity contribution in [2.24, 2.45) is 7.05 Å². The number of thiazole rings is 1. The first kappa shape index (κ1) is 17.5. The molecule has 7 nitrogen and oxygen atoms in total. The van der Waals surface area contributed by atoms with E-state index in [1.165, 1.54) is 17.4 Å². The molecule has 0 saturated carbocycles. The molecule has 3 heterocycles. The normalized spacial score (nSPS) is 14.4. The second kappa shape index (κ2) is 7.36. The minimum absolute atomic E-state index is 0.135. The Balaban J connectivity index is 1.38. The van der Waals surface area contributed by atoms with Crippen molar-refractivity contribution < 1.29 is 9.18 Å². The molecule has 9 heteroatoms. The van der Waals surface area contributed by atoms with Crippen LogP contribution in [-0.2, 0) is 7.05 Å². The molecule has 27 heavy (non-hydrogen) atoms. The molecule has 1 fully saturated rings. The van der Waals surface area contributed by atoms with Crippen LogP contribution in [0.15, 0.2) is 41.9 Å². The summed E-state index contributed by atoms with van der Waals surface area (Å²) < 4.78 is 15.6. The Kier molecular flexibility index (Phi) is 4.76. The van der Waals surface area contributed by atoms with Gasteiger partial charge in [0, 0.05) is 50.2 Å². The number of anilines is 2. The zero-order valence-electron chi connectivity index (χ0n) is 14.8. The molecule has 4 rings (SSSR count). The lowest BCUT2D eigenvalue weighted by Crippen LogP contribution is -2.50. The van der Waals surface area contributed by atoms with Gasteiger partial charge in [-0.25, -0.2) is 14.2 Å². The van der Waals surface area contributed by atoms with Gasteiger partial charge in [0.25, 0.3) is 0 Å². The minimum atomic E-state index is -0.272. The third-order valence-corrected chi connectivity index (χ3v) is 5.44. The number of carbonyl (C=O) groups is 1. The van der Waals surface area contributed by atoms with Gasteiger partial charge in [0.15, 0.2) is 5.13 Å². The number of amides is 2. The number of hydrogen-bond donors (Lipinski definition) is 1. The van der Waals surface area contributed by atoms with Crippen molar-refractivity contribution in [3.63, 3.8) is 0 Å². The first-order chi connectivity index (χ1) is 13.1. The van der Waals surface area contributed by atoms with E-state index in [2.05, 4.69) is 20.3 Å². The van der Waals surface area contributed by atoms with Crippen LogP contribution in [0.25, 0.3) is 11.3 Å². The SMILES string of the molecule is Cn1nccc1NC(=O)N1CCN(c2nc(-c3ccccc3F)cs2)CC1. The standard InChI is InChI=1S/C18H19FN6OS/c1-23-16(6-7-20-23)22-17(26)24-8-10-25(11-9-24)18-21-15(12-27-18)13-4-2-3-5-14(13)19/h2-7,12H,8-11H2,1H3,(H,22,26). The second-order valence-electron chi connectivity index (χ2n) is 6.24. The van der Waals surface area contributed by atoms with Crippen LogP contribution in [0.5, 0.6) is 0 Å². The van der Waals surface area contributed by atoms with E-state index in [9.17, 15) is 9.18 Å².